The number of carbonyl (C=O) groups excluding carboxylic acids is 1. The van der Waals surface area contributed by atoms with Gasteiger partial charge < -0.3 is 5.32 Å². The van der Waals surface area contributed by atoms with E-state index in [1.165, 1.54) is 12.1 Å². The van der Waals surface area contributed by atoms with Crippen molar-refractivity contribution in [2.45, 2.75) is 19.9 Å². The van der Waals surface area contributed by atoms with Crippen LogP contribution >= 0.6 is 11.6 Å². The molecular weight excluding hydrogens is 343 g/mol. The van der Waals surface area contributed by atoms with E-state index >= 15 is 0 Å². The Kier molecular flexibility index (Phi) is 4.81. The van der Waals surface area contributed by atoms with E-state index in [0.29, 0.717) is 10.7 Å². The first-order valence-corrected chi connectivity index (χ1v) is 8.08. The van der Waals surface area contributed by atoms with Crippen LogP contribution in [0.15, 0.2) is 48.5 Å². The summed E-state index contributed by atoms with van der Waals surface area (Å²) in [5.41, 5.74) is 2.42. The first-order valence-electron chi connectivity index (χ1n) is 7.70. The van der Waals surface area contributed by atoms with Crippen LogP contribution in [0.4, 0.5) is 4.39 Å². The van der Waals surface area contributed by atoms with Crippen LogP contribution in [-0.4, -0.2) is 20.9 Å². The van der Waals surface area contributed by atoms with Crippen LogP contribution in [0.5, 0.6) is 0 Å². The Morgan fingerprint density at radius 2 is 1.80 bits per heavy atom. The monoisotopic (exact) mass is 358 g/mol. The van der Waals surface area contributed by atoms with E-state index < -0.39 is 0 Å². The second-order valence-electron chi connectivity index (χ2n) is 5.66. The zero-order valence-corrected chi connectivity index (χ0v) is 14.5. The summed E-state index contributed by atoms with van der Waals surface area (Å²) in [5.74, 6) is -0.654. The molecule has 25 heavy (non-hydrogen) atoms. The van der Waals surface area contributed by atoms with Crippen molar-refractivity contribution in [3.63, 3.8) is 0 Å². The highest BCUT2D eigenvalue weighted by molar-refractivity contribution is 6.30. The van der Waals surface area contributed by atoms with Crippen LogP contribution in [0, 0.1) is 12.7 Å². The molecule has 5 nitrogen and oxygen atoms in total. The van der Waals surface area contributed by atoms with Crippen molar-refractivity contribution in [2.75, 3.05) is 0 Å². The molecule has 128 valence electrons. The first-order chi connectivity index (χ1) is 12.0. The number of aromatic nitrogens is 3. The zero-order chi connectivity index (χ0) is 18.0. The topological polar surface area (TPSA) is 59.8 Å². The van der Waals surface area contributed by atoms with Crippen LogP contribution in [0.25, 0.3) is 5.69 Å². The fourth-order valence-electron chi connectivity index (χ4n) is 2.47. The third-order valence-corrected chi connectivity index (χ3v) is 4.15. The lowest BCUT2D eigenvalue weighted by molar-refractivity contribution is 0.0934. The largest absolute Gasteiger partial charge is 0.344 e. The predicted octanol–water partition coefficient (Wildman–Crippen LogP) is 3.86. The molecule has 0 bridgehead atoms. The summed E-state index contributed by atoms with van der Waals surface area (Å²) in [5, 5.41) is 11.5. The van der Waals surface area contributed by atoms with Crippen molar-refractivity contribution in [2.24, 2.45) is 0 Å². The molecule has 0 aliphatic heterocycles. The number of amides is 1. The van der Waals surface area contributed by atoms with E-state index in [4.69, 9.17) is 11.6 Å². The minimum Gasteiger partial charge on any atom is -0.344 e. The van der Waals surface area contributed by atoms with Gasteiger partial charge in [-0.25, -0.2) is 9.07 Å². The Morgan fingerprint density at radius 1 is 1.16 bits per heavy atom. The zero-order valence-electron chi connectivity index (χ0n) is 13.7. The summed E-state index contributed by atoms with van der Waals surface area (Å²) in [6.45, 7) is 3.59. The molecule has 1 aromatic heterocycles. The van der Waals surface area contributed by atoms with Crippen molar-refractivity contribution in [1.82, 2.24) is 20.3 Å². The van der Waals surface area contributed by atoms with Gasteiger partial charge in [0.05, 0.1) is 17.4 Å². The average molecular weight is 359 g/mol. The third kappa shape index (κ3) is 3.69. The first kappa shape index (κ1) is 17.1. The Labute approximate surface area is 149 Å². The van der Waals surface area contributed by atoms with Crippen LogP contribution in [0.1, 0.15) is 34.7 Å². The highest BCUT2D eigenvalue weighted by Gasteiger charge is 2.19. The number of halogens is 2. The van der Waals surface area contributed by atoms with Gasteiger partial charge >= 0.3 is 0 Å². The number of rotatable bonds is 4. The molecule has 0 unspecified atom stereocenters. The van der Waals surface area contributed by atoms with E-state index in [9.17, 15) is 9.18 Å². The van der Waals surface area contributed by atoms with E-state index in [1.54, 1.807) is 48.0 Å². The molecule has 3 aromatic rings. The van der Waals surface area contributed by atoms with Crippen LogP contribution in [0.2, 0.25) is 5.02 Å². The lowest BCUT2D eigenvalue weighted by Crippen LogP contribution is -2.27. The van der Waals surface area contributed by atoms with Gasteiger partial charge in [-0.1, -0.05) is 28.9 Å². The van der Waals surface area contributed by atoms with Gasteiger partial charge in [0.1, 0.15) is 5.82 Å². The fraction of sp³-hybridized carbons (Fsp3) is 0.167. The molecule has 0 fully saturated rings. The molecular formula is C18H16ClFN4O. The molecule has 0 spiro atoms. The standard InChI is InChI=1S/C18H16ClFN4O/c1-11(13-3-7-15(20)8-4-13)21-18(25)17-12(2)24(23-22-17)16-9-5-14(19)6-10-16/h3-11H,1-2H3,(H,21,25)/t11-/m0/s1. The quantitative estimate of drug-likeness (QED) is 0.770. The molecule has 3 rings (SSSR count). The van der Waals surface area contributed by atoms with Crippen molar-refractivity contribution in [3.05, 3.63) is 76.3 Å². The number of nitrogens with zero attached hydrogens (tertiary/aromatic N) is 3. The van der Waals surface area contributed by atoms with Crippen LogP contribution in [0.3, 0.4) is 0 Å². The van der Waals surface area contributed by atoms with Gasteiger partial charge in [0.15, 0.2) is 5.69 Å². The maximum atomic E-state index is 13.0. The number of benzene rings is 2. The van der Waals surface area contributed by atoms with Crippen molar-refractivity contribution < 1.29 is 9.18 Å². The van der Waals surface area contributed by atoms with E-state index in [2.05, 4.69) is 15.6 Å². The summed E-state index contributed by atoms with van der Waals surface area (Å²) < 4.78 is 14.6. The maximum Gasteiger partial charge on any atom is 0.274 e. The molecule has 0 aliphatic carbocycles. The van der Waals surface area contributed by atoms with Gasteiger partial charge in [0, 0.05) is 5.02 Å². The number of nitrogens with one attached hydrogen (secondary N) is 1. The predicted molar refractivity (Wildman–Crippen MR) is 93.4 cm³/mol. The summed E-state index contributed by atoms with van der Waals surface area (Å²) in [7, 11) is 0. The highest BCUT2D eigenvalue weighted by Crippen LogP contribution is 2.17. The molecule has 1 atom stereocenters. The normalized spacial score (nSPS) is 12.0. The Hall–Kier alpha value is -2.73. The SMILES string of the molecule is Cc1c(C(=O)N[C@@H](C)c2ccc(F)cc2)nnn1-c1ccc(Cl)cc1. The maximum absolute atomic E-state index is 13.0. The molecule has 1 heterocycles. The molecule has 0 radical (unpaired) electrons. The van der Waals surface area contributed by atoms with E-state index in [1.807, 2.05) is 6.92 Å². The lowest BCUT2D eigenvalue weighted by Gasteiger charge is -2.13. The van der Waals surface area contributed by atoms with E-state index in [0.717, 1.165) is 11.3 Å². The van der Waals surface area contributed by atoms with Gasteiger partial charge in [-0.05, 0) is 55.8 Å². The van der Waals surface area contributed by atoms with Gasteiger partial charge in [0.25, 0.3) is 5.91 Å². The molecule has 1 amide bonds. The molecule has 2 aromatic carbocycles. The van der Waals surface area contributed by atoms with Crippen molar-refractivity contribution in [1.29, 1.82) is 0 Å². The Balaban J connectivity index is 1.79. The smallest absolute Gasteiger partial charge is 0.274 e. The van der Waals surface area contributed by atoms with Gasteiger partial charge in [0.2, 0.25) is 0 Å². The fourth-order valence-corrected chi connectivity index (χ4v) is 2.59. The second-order valence-corrected chi connectivity index (χ2v) is 6.09. The van der Waals surface area contributed by atoms with E-state index in [-0.39, 0.29) is 23.5 Å². The van der Waals surface area contributed by atoms with Gasteiger partial charge in [-0.2, -0.15) is 0 Å². The summed E-state index contributed by atoms with van der Waals surface area (Å²) in [4.78, 5) is 12.5. The minimum absolute atomic E-state index is 0.240. The third-order valence-electron chi connectivity index (χ3n) is 3.90. The van der Waals surface area contributed by atoms with Gasteiger partial charge in [-0.15, -0.1) is 5.10 Å². The Morgan fingerprint density at radius 3 is 2.44 bits per heavy atom. The molecule has 1 N–H and O–H groups in total. The van der Waals surface area contributed by atoms with Gasteiger partial charge in [-0.3, -0.25) is 4.79 Å². The molecule has 0 saturated carbocycles. The number of hydrogen-bond acceptors (Lipinski definition) is 3. The van der Waals surface area contributed by atoms with Crippen molar-refractivity contribution in [3.8, 4) is 5.69 Å². The Bertz CT molecular complexity index is 890. The lowest BCUT2D eigenvalue weighted by atomic mass is 10.1. The number of hydrogen-bond donors (Lipinski definition) is 1. The number of carbonyl (C=O) groups is 1. The molecule has 0 aliphatic rings. The minimum atomic E-state index is -0.338. The van der Waals surface area contributed by atoms with Crippen LogP contribution < -0.4 is 5.32 Å². The van der Waals surface area contributed by atoms with Crippen molar-refractivity contribution >= 4 is 17.5 Å². The molecule has 7 heteroatoms. The second kappa shape index (κ2) is 7.03. The molecule has 0 saturated heterocycles. The average Bonchev–Trinajstić information content (AvgIpc) is 2.98. The summed E-state index contributed by atoms with van der Waals surface area (Å²) in [6, 6.07) is 12.8. The summed E-state index contributed by atoms with van der Waals surface area (Å²) >= 11 is 5.89. The van der Waals surface area contributed by atoms with Crippen LogP contribution in [-0.2, 0) is 0 Å². The highest BCUT2D eigenvalue weighted by atomic mass is 35.5. The summed E-state index contributed by atoms with van der Waals surface area (Å²) in [6.07, 6.45) is 0.